The van der Waals surface area contributed by atoms with Crippen molar-refractivity contribution in [2.45, 2.75) is 61.8 Å². The van der Waals surface area contributed by atoms with Gasteiger partial charge >= 0.3 is 11.9 Å². The maximum Gasteiger partial charge on any atom is 0.416 e. The van der Waals surface area contributed by atoms with Crippen LogP contribution in [0.2, 0.25) is 0 Å². The Hall–Kier alpha value is -2.76. The van der Waals surface area contributed by atoms with E-state index in [1.54, 1.807) is 4.57 Å². The van der Waals surface area contributed by atoms with Gasteiger partial charge in [0.05, 0.1) is 11.3 Å². The average molecular weight is 455 g/mol. The minimum atomic E-state index is -4.44. The van der Waals surface area contributed by atoms with Crippen molar-refractivity contribution in [2.24, 2.45) is 0 Å². The summed E-state index contributed by atoms with van der Waals surface area (Å²) in [5.41, 5.74) is -1.02. The van der Waals surface area contributed by atoms with Crippen LogP contribution in [0.15, 0.2) is 38.7 Å². The van der Waals surface area contributed by atoms with E-state index in [0.717, 1.165) is 37.8 Å². The fourth-order valence-electron chi connectivity index (χ4n) is 3.50. The van der Waals surface area contributed by atoms with Crippen LogP contribution < -0.4 is 10.4 Å². The number of thioether (sulfide) groups is 1. The zero-order valence-electron chi connectivity index (χ0n) is 16.4. The van der Waals surface area contributed by atoms with Crippen molar-refractivity contribution in [3.8, 4) is 5.75 Å². The zero-order valence-corrected chi connectivity index (χ0v) is 17.2. The number of nitrogens with zero attached hydrogens (tertiary/aromatic N) is 4. The molecule has 1 fully saturated rings. The summed E-state index contributed by atoms with van der Waals surface area (Å²) in [7, 11) is 0. The summed E-state index contributed by atoms with van der Waals surface area (Å²) < 4.78 is 50.6. The van der Waals surface area contributed by atoms with Gasteiger partial charge < -0.3 is 9.26 Å². The second-order valence-electron chi connectivity index (χ2n) is 7.18. The van der Waals surface area contributed by atoms with Crippen molar-refractivity contribution in [1.29, 1.82) is 0 Å². The van der Waals surface area contributed by atoms with Crippen LogP contribution in [0.5, 0.6) is 5.75 Å². The molecule has 1 saturated carbocycles. The third-order valence-corrected chi connectivity index (χ3v) is 5.91. The first kappa shape index (κ1) is 21.5. The Morgan fingerprint density at radius 3 is 2.84 bits per heavy atom. The molecule has 0 aliphatic heterocycles. The summed E-state index contributed by atoms with van der Waals surface area (Å²) in [6.45, 7) is -0.134. The number of aromatic amines is 1. The molecule has 12 heteroatoms. The second kappa shape index (κ2) is 9.16. The van der Waals surface area contributed by atoms with Gasteiger partial charge in [0.2, 0.25) is 11.7 Å². The molecule has 4 rings (SSSR count). The maximum atomic E-state index is 12.8. The summed E-state index contributed by atoms with van der Waals surface area (Å²) >= 11 is 1.31. The quantitative estimate of drug-likeness (QED) is 0.529. The summed E-state index contributed by atoms with van der Waals surface area (Å²) in [6.07, 6.45) is 0.811. The van der Waals surface area contributed by atoms with Gasteiger partial charge in [0.15, 0.2) is 11.8 Å². The van der Waals surface area contributed by atoms with Gasteiger partial charge in [-0.05, 0) is 31.0 Å². The van der Waals surface area contributed by atoms with E-state index in [1.807, 2.05) is 0 Å². The van der Waals surface area contributed by atoms with Gasteiger partial charge in [-0.25, -0.2) is 9.89 Å². The predicted molar refractivity (Wildman–Crippen MR) is 105 cm³/mol. The maximum absolute atomic E-state index is 12.8. The number of H-pyrrole nitrogens is 1. The van der Waals surface area contributed by atoms with Gasteiger partial charge in [0, 0.05) is 6.04 Å². The molecule has 0 atom stereocenters. The number of nitrogens with one attached hydrogen (secondary N) is 1. The van der Waals surface area contributed by atoms with Gasteiger partial charge in [-0.3, -0.25) is 4.57 Å². The summed E-state index contributed by atoms with van der Waals surface area (Å²) in [6, 6.07) is 4.72. The van der Waals surface area contributed by atoms with Crippen LogP contribution in [-0.2, 0) is 18.5 Å². The standard InChI is InChI=1S/C19H20F3N5O3S/c20-19(21,22)12-5-4-8-14(9-12)29-10-15-23-16(30-26-15)11-31-18-25-24-17(28)27(18)13-6-2-1-3-7-13/h4-5,8-9,13H,1-3,6-7,10-11H2,(H,24,28). The Bertz CT molecular complexity index is 1070. The molecule has 1 aromatic carbocycles. The lowest BCUT2D eigenvalue weighted by atomic mass is 9.95. The summed E-state index contributed by atoms with van der Waals surface area (Å²) in [4.78, 5) is 16.3. The number of rotatable bonds is 7. The minimum Gasteiger partial charge on any atom is -0.485 e. The van der Waals surface area contributed by atoms with Crippen molar-refractivity contribution < 1.29 is 22.4 Å². The first-order valence-corrected chi connectivity index (χ1v) is 10.8. The van der Waals surface area contributed by atoms with Crippen molar-refractivity contribution in [3.63, 3.8) is 0 Å². The molecule has 0 unspecified atom stereocenters. The van der Waals surface area contributed by atoms with Gasteiger partial charge in [0.25, 0.3) is 0 Å². The van der Waals surface area contributed by atoms with Gasteiger partial charge in [-0.15, -0.1) is 5.10 Å². The second-order valence-corrected chi connectivity index (χ2v) is 8.12. The van der Waals surface area contributed by atoms with E-state index in [2.05, 4.69) is 20.3 Å². The summed E-state index contributed by atoms with van der Waals surface area (Å²) in [5.74, 6) is 0.870. The van der Waals surface area contributed by atoms with Gasteiger partial charge in [-0.1, -0.05) is 42.2 Å². The van der Waals surface area contributed by atoms with Crippen molar-refractivity contribution in [3.05, 3.63) is 52.0 Å². The smallest absolute Gasteiger partial charge is 0.416 e. The predicted octanol–water partition coefficient (Wildman–Crippen LogP) is 4.35. The highest BCUT2D eigenvalue weighted by atomic mass is 32.2. The number of benzene rings is 1. The number of halogens is 3. The minimum absolute atomic E-state index is 0.0589. The van der Waals surface area contributed by atoms with E-state index in [1.165, 1.54) is 30.3 Å². The highest BCUT2D eigenvalue weighted by Crippen LogP contribution is 2.32. The number of hydrogen-bond acceptors (Lipinski definition) is 7. The molecule has 1 N–H and O–H groups in total. The highest BCUT2D eigenvalue weighted by molar-refractivity contribution is 7.98. The lowest BCUT2D eigenvalue weighted by Crippen LogP contribution is -2.24. The van der Waals surface area contributed by atoms with Crippen LogP contribution in [-0.4, -0.2) is 24.9 Å². The largest absolute Gasteiger partial charge is 0.485 e. The first-order chi connectivity index (χ1) is 14.9. The van der Waals surface area contributed by atoms with Crippen LogP contribution >= 0.6 is 11.8 Å². The molecular weight excluding hydrogens is 435 g/mol. The highest BCUT2D eigenvalue weighted by Gasteiger charge is 2.30. The number of alkyl halides is 3. The third kappa shape index (κ3) is 5.30. The summed E-state index contributed by atoms with van der Waals surface area (Å²) in [5, 5.41) is 11.0. The zero-order chi connectivity index (χ0) is 21.8. The van der Waals surface area contributed by atoms with Crippen LogP contribution in [0.1, 0.15) is 55.4 Å². The van der Waals surface area contributed by atoms with Crippen molar-refractivity contribution >= 4 is 11.8 Å². The molecule has 0 radical (unpaired) electrons. The Labute approximate surface area is 179 Å². The van der Waals surface area contributed by atoms with Crippen LogP contribution in [0, 0.1) is 0 Å². The molecule has 0 amide bonds. The molecule has 8 nitrogen and oxygen atoms in total. The van der Waals surface area contributed by atoms with Crippen LogP contribution in [0.4, 0.5) is 13.2 Å². The molecule has 0 spiro atoms. The van der Waals surface area contributed by atoms with Crippen LogP contribution in [0.3, 0.4) is 0 Å². The Balaban J connectivity index is 1.35. The SMILES string of the molecule is O=c1[nH]nc(SCc2nc(COc3cccc(C(F)(F)F)c3)no2)n1C1CCCCC1. The molecule has 2 aromatic heterocycles. The monoisotopic (exact) mass is 455 g/mol. The average Bonchev–Trinajstić information content (AvgIpc) is 3.37. The van der Waals surface area contributed by atoms with Crippen LogP contribution in [0.25, 0.3) is 0 Å². The van der Waals surface area contributed by atoms with E-state index < -0.39 is 11.7 Å². The molecule has 3 aromatic rings. The molecule has 0 bridgehead atoms. The van der Waals surface area contributed by atoms with E-state index >= 15 is 0 Å². The molecule has 0 saturated heterocycles. The molecule has 2 heterocycles. The lowest BCUT2D eigenvalue weighted by Gasteiger charge is -2.22. The molecule has 31 heavy (non-hydrogen) atoms. The third-order valence-electron chi connectivity index (χ3n) is 4.98. The van der Waals surface area contributed by atoms with E-state index in [9.17, 15) is 18.0 Å². The molecule has 1 aliphatic carbocycles. The van der Waals surface area contributed by atoms with Crippen molar-refractivity contribution in [1.82, 2.24) is 24.9 Å². The lowest BCUT2D eigenvalue weighted by molar-refractivity contribution is -0.137. The number of ether oxygens (including phenoxy) is 1. The Morgan fingerprint density at radius 1 is 1.26 bits per heavy atom. The Morgan fingerprint density at radius 2 is 2.06 bits per heavy atom. The normalized spacial score (nSPS) is 15.3. The molecule has 1 aliphatic rings. The Kier molecular flexibility index (Phi) is 6.35. The van der Waals surface area contributed by atoms with E-state index in [-0.39, 0.29) is 29.9 Å². The van der Waals surface area contributed by atoms with Gasteiger partial charge in [-0.2, -0.15) is 18.2 Å². The fraction of sp³-hybridized carbons (Fsp3) is 0.474. The molecule has 166 valence electrons. The van der Waals surface area contributed by atoms with E-state index in [4.69, 9.17) is 9.26 Å². The topological polar surface area (TPSA) is 98.8 Å². The van der Waals surface area contributed by atoms with Gasteiger partial charge in [0.1, 0.15) is 5.75 Å². The first-order valence-electron chi connectivity index (χ1n) is 9.81. The molecular formula is C19H20F3N5O3S. The fourth-order valence-corrected chi connectivity index (χ4v) is 4.35. The number of hydrogen-bond donors (Lipinski definition) is 1. The van der Waals surface area contributed by atoms with Crippen molar-refractivity contribution in [2.75, 3.05) is 0 Å². The van der Waals surface area contributed by atoms with E-state index in [0.29, 0.717) is 16.8 Å². The number of aromatic nitrogens is 5.